The van der Waals surface area contributed by atoms with Gasteiger partial charge in [-0.2, -0.15) is 5.10 Å². The zero-order valence-electron chi connectivity index (χ0n) is 10.3. The summed E-state index contributed by atoms with van der Waals surface area (Å²) in [4.78, 5) is 4.41. The maximum absolute atomic E-state index is 6.29. The fourth-order valence-electron chi connectivity index (χ4n) is 2.04. The Bertz CT molecular complexity index is 490. The third-order valence-electron chi connectivity index (χ3n) is 2.97. The van der Waals surface area contributed by atoms with Gasteiger partial charge in [-0.3, -0.25) is 9.67 Å². The second kappa shape index (κ2) is 5.10. The van der Waals surface area contributed by atoms with Gasteiger partial charge in [-0.05, 0) is 31.0 Å². The number of nitrogens with zero attached hydrogens (tertiary/aromatic N) is 3. The van der Waals surface area contributed by atoms with Gasteiger partial charge in [-0.15, -0.1) is 0 Å². The van der Waals surface area contributed by atoms with Crippen LogP contribution in [-0.4, -0.2) is 14.8 Å². The van der Waals surface area contributed by atoms with E-state index in [1.165, 1.54) is 5.56 Å². The summed E-state index contributed by atoms with van der Waals surface area (Å²) in [5, 5.41) is 4.25. The molecular weight excluding hydrogens is 212 g/mol. The van der Waals surface area contributed by atoms with Crippen LogP contribution in [0.4, 0.5) is 0 Å². The van der Waals surface area contributed by atoms with Gasteiger partial charge in [0.15, 0.2) is 0 Å². The van der Waals surface area contributed by atoms with Crippen LogP contribution in [0.15, 0.2) is 30.6 Å². The molecule has 0 amide bonds. The highest BCUT2D eigenvalue weighted by Crippen LogP contribution is 2.20. The van der Waals surface area contributed by atoms with Crippen LogP contribution in [0.25, 0.3) is 0 Å². The maximum atomic E-state index is 6.29. The van der Waals surface area contributed by atoms with Crippen molar-refractivity contribution in [3.05, 3.63) is 47.5 Å². The van der Waals surface area contributed by atoms with E-state index in [2.05, 4.69) is 30.0 Å². The first-order valence-electron chi connectivity index (χ1n) is 5.99. The van der Waals surface area contributed by atoms with Crippen LogP contribution in [0.1, 0.15) is 36.8 Å². The van der Waals surface area contributed by atoms with Gasteiger partial charge < -0.3 is 5.73 Å². The summed E-state index contributed by atoms with van der Waals surface area (Å²) in [6.07, 6.45) is 4.52. The molecule has 0 saturated heterocycles. The number of pyridine rings is 1. The standard InChI is InChI=1S/C13H18N4/c1-3-10-6-5-8-15-13(10)12(14)11-7-9-16-17(11)4-2/h5-9,12H,3-4,14H2,1-2H3. The summed E-state index contributed by atoms with van der Waals surface area (Å²) in [5.41, 5.74) is 9.45. The molecule has 0 saturated carbocycles. The first kappa shape index (κ1) is 11.8. The lowest BCUT2D eigenvalue weighted by Crippen LogP contribution is -2.19. The minimum Gasteiger partial charge on any atom is -0.318 e. The lowest BCUT2D eigenvalue weighted by atomic mass is 10.0. The fraction of sp³-hybridized carbons (Fsp3) is 0.385. The zero-order valence-corrected chi connectivity index (χ0v) is 10.3. The van der Waals surface area contributed by atoms with E-state index in [1.54, 1.807) is 12.4 Å². The maximum Gasteiger partial charge on any atom is 0.0899 e. The molecule has 4 heteroatoms. The van der Waals surface area contributed by atoms with Gasteiger partial charge in [0.05, 0.1) is 17.4 Å². The van der Waals surface area contributed by atoms with Crippen LogP contribution in [-0.2, 0) is 13.0 Å². The number of hydrogen-bond donors (Lipinski definition) is 1. The summed E-state index contributed by atoms with van der Waals surface area (Å²) in [6, 6.07) is 5.79. The molecule has 0 aromatic carbocycles. The Morgan fingerprint density at radius 3 is 2.82 bits per heavy atom. The highest BCUT2D eigenvalue weighted by Gasteiger charge is 2.17. The molecule has 90 valence electrons. The van der Waals surface area contributed by atoms with Crippen molar-refractivity contribution in [3.8, 4) is 0 Å². The number of hydrogen-bond acceptors (Lipinski definition) is 3. The van der Waals surface area contributed by atoms with Crippen molar-refractivity contribution in [2.45, 2.75) is 32.9 Å². The molecule has 2 aromatic heterocycles. The van der Waals surface area contributed by atoms with Crippen LogP contribution in [0.3, 0.4) is 0 Å². The molecule has 0 aliphatic rings. The van der Waals surface area contributed by atoms with Crippen molar-refractivity contribution >= 4 is 0 Å². The topological polar surface area (TPSA) is 56.7 Å². The third kappa shape index (κ3) is 2.22. The zero-order chi connectivity index (χ0) is 12.3. The van der Waals surface area contributed by atoms with E-state index >= 15 is 0 Å². The Morgan fingerprint density at radius 2 is 2.12 bits per heavy atom. The second-order valence-corrected chi connectivity index (χ2v) is 3.95. The highest BCUT2D eigenvalue weighted by molar-refractivity contribution is 5.28. The Kier molecular flexibility index (Phi) is 3.54. The number of aryl methyl sites for hydroxylation is 2. The van der Waals surface area contributed by atoms with Crippen molar-refractivity contribution in [3.63, 3.8) is 0 Å². The van der Waals surface area contributed by atoms with E-state index in [0.29, 0.717) is 0 Å². The lowest BCUT2D eigenvalue weighted by Gasteiger charge is -2.15. The SMILES string of the molecule is CCc1cccnc1C(N)c1ccnn1CC. The van der Waals surface area contributed by atoms with Gasteiger partial charge in [-0.1, -0.05) is 13.0 Å². The largest absolute Gasteiger partial charge is 0.318 e. The number of aromatic nitrogens is 3. The van der Waals surface area contributed by atoms with Crippen molar-refractivity contribution in [2.75, 3.05) is 0 Å². The van der Waals surface area contributed by atoms with Crippen molar-refractivity contribution in [1.29, 1.82) is 0 Å². The molecule has 0 bridgehead atoms. The molecule has 17 heavy (non-hydrogen) atoms. The molecule has 0 spiro atoms. The van der Waals surface area contributed by atoms with E-state index in [9.17, 15) is 0 Å². The second-order valence-electron chi connectivity index (χ2n) is 3.95. The Morgan fingerprint density at radius 1 is 1.29 bits per heavy atom. The van der Waals surface area contributed by atoms with E-state index in [0.717, 1.165) is 24.4 Å². The molecule has 2 heterocycles. The molecule has 0 radical (unpaired) electrons. The van der Waals surface area contributed by atoms with Gasteiger partial charge in [-0.25, -0.2) is 0 Å². The first-order chi connectivity index (χ1) is 8.27. The van der Waals surface area contributed by atoms with Crippen LogP contribution in [0.5, 0.6) is 0 Å². The number of nitrogens with two attached hydrogens (primary N) is 1. The Hall–Kier alpha value is -1.68. The van der Waals surface area contributed by atoms with E-state index in [1.807, 2.05) is 16.8 Å². The monoisotopic (exact) mass is 230 g/mol. The predicted octanol–water partition coefficient (Wildman–Crippen LogP) is 1.91. The van der Waals surface area contributed by atoms with Crippen LogP contribution in [0, 0.1) is 0 Å². The summed E-state index contributed by atoms with van der Waals surface area (Å²) >= 11 is 0. The molecule has 2 rings (SSSR count). The van der Waals surface area contributed by atoms with Crippen LogP contribution in [0.2, 0.25) is 0 Å². The third-order valence-corrected chi connectivity index (χ3v) is 2.97. The summed E-state index contributed by atoms with van der Waals surface area (Å²) in [6.45, 7) is 5.00. The van der Waals surface area contributed by atoms with Gasteiger partial charge in [0.25, 0.3) is 0 Å². The average Bonchev–Trinajstić information content (AvgIpc) is 2.86. The Labute approximate surface area is 101 Å². The smallest absolute Gasteiger partial charge is 0.0899 e. The van der Waals surface area contributed by atoms with Crippen molar-refractivity contribution in [2.24, 2.45) is 5.73 Å². The Balaban J connectivity index is 2.40. The molecule has 2 N–H and O–H groups in total. The first-order valence-corrected chi connectivity index (χ1v) is 5.99. The van der Waals surface area contributed by atoms with Crippen molar-refractivity contribution in [1.82, 2.24) is 14.8 Å². The van der Waals surface area contributed by atoms with Crippen molar-refractivity contribution < 1.29 is 0 Å². The van der Waals surface area contributed by atoms with E-state index in [-0.39, 0.29) is 6.04 Å². The molecule has 0 aliphatic carbocycles. The van der Waals surface area contributed by atoms with Gasteiger partial charge in [0.1, 0.15) is 0 Å². The minimum atomic E-state index is -0.200. The molecule has 1 unspecified atom stereocenters. The lowest BCUT2D eigenvalue weighted by molar-refractivity contribution is 0.594. The fourth-order valence-corrected chi connectivity index (χ4v) is 2.04. The minimum absolute atomic E-state index is 0.200. The molecule has 0 aliphatic heterocycles. The normalized spacial score (nSPS) is 12.6. The van der Waals surface area contributed by atoms with E-state index < -0.39 is 0 Å². The van der Waals surface area contributed by atoms with Gasteiger partial charge >= 0.3 is 0 Å². The van der Waals surface area contributed by atoms with E-state index in [4.69, 9.17) is 5.73 Å². The molecule has 0 fully saturated rings. The van der Waals surface area contributed by atoms with Gasteiger partial charge in [0, 0.05) is 18.9 Å². The molecule has 2 aromatic rings. The van der Waals surface area contributed by atoms with Crippen LogP contribution >= 0.6 is 0 Å². The summed E-state index contributed by atoms with van der Waals surface area (Å²) < 4.78 is 1.92. The molecule has 1 atom stereocenters. The molecule has 4 nitrogen and oxygen atoms in total. The predicted molar refractivity (Wildman–Crippen MR) is 67.5 cm³/mol. The van der Waals surface area contributed by atoms with Gasteiger partial charge in [0.2, 0.25) is 0 Å². The number of rotatable bonds is 4. The quantitative estimate of drug-likeness (QED) is 0.872. The average molecular weight is 230 g/mol. The molecular formula is C13H18N4. The van der Waals surface area contributed by atoms with Crippen LogP contribution < -0.4 is 5.73 Å². The highest BCUT2D eigenvalue weighted by atomic mass is 15.3. The summed E-state index contributed by atoms with van der Waals surface area (Å²) in [5.74, 6) is 0. The summed E-state index contributed by atoms with van der Waals surface area (Å²) in [7, 11) is 0.